The smallest absolute Gasteiger partial charge is 0.270 e. The van der Waals surface area contributed by atoms with Gasteiger partial charge in [0.2, 0.25) is 0 Å². The molecule has 0 unspecified atom stereocenters. The van der Waals surface area contributed by atoms with E-state index in [0.29, 0.717) is 46.3 Å². The van der Waals surface area contributed by atoms with Gasteiger partial charge in [-0.05, 0) is 31.2 Å². The minimum absolute atomic E-state index is 0. The Morgan fingerprint density at radius 1 is 1.10 bits per heavy atom. The normalized spacial score (nSPS) is 11.5. The first-order chi connectivity index (χ1) is 13.5. The van der Waals surface area contributed by atoms with E-state index in [4.69, 9.17) is 11.0 Å². The molecule has 0 amide bonds. The van der Waals surface area contributed by atoms with E-state index in [2.05, 4.69) is 0 Å². The molecule has 1 aliphatic carbocycles. The van der Waals surface area contributed by atoms with E-state index in [1.165, 1.54) is 28.8 Å². The highest BCUT2D eigenvalue weighted by Gasteiger charge is 2.33. The molecule has 4 rings (SSSR count). The summed E-state index contributed by atoms with van der Waals surface area (Å²) in [5.74, 6) is -0.303. The van der Waals surface area contributed by atoms with Crippen molar-refractivity contribution in [3.05, 3.63) is 73.6 Å². The van der Waals surface area contributed by atoms with Gasteiger partial charge in [0.1, 0.15) is 0 Å². The number of nitro benzene ring substituents is 1. The lowest BCUT2D eigenvalue weighted by Gasteiger charge is -2.14. The van der Waals surface area contributed by atoms with Crippen molar-refractivity contribution in [2.45, 2.75) is 13.0 Å². The summed E-state index contributed by atoms with van der Waals surface area (Å²) in [6.45, 7) is 0.630. The third kappa shape index (κ3) is 2.97. The second-order valence-corrected chi connectivity index (χ2v) is 6.51. The van der Waals surface area contributed by atoms with Crippen LogP contribution in [0.5, 0.6) is 0 Å². The van der Waals surface area contributed by atoms with E-state index in [-0.39, 0.29) is 35.8 Å². The van der Waals surface area contributed by atoms with Crippen LogP contribution in [0.3, 0.4) is 0 Å². The van der Waals surface area contributed by atoms with Crippen LogP contribution in [-0.4, -0.2) is 21.8 Å². The van der Waals surface area contributed by atoms with Crippen LogP contribution in [0.25, 0.3) is 22.0 Å². The van der Waals surface area contributed by atoms with Crippen molar-refractivity contribution in [3.8, 4) is 17.3 Å². The van der Waals surface area contributed by atoms with Crippen LogP contribution in [0.4, 0.5) is 5.69 Å². The fraction of sp³-hybridized carbons (Fsp3) is 0.150. The Balaban J connectivity index is 0.00000240. The van der Waals surface area contributed by atoms with Crippen LogP contribution < -0.4 is 11.3 Å². The largest absolute Gasteiger partial charge is 0.330 e. The summed E-state index contributed by atoms with van der Waals surface area (Å²) in [7, 11) is 0. The highest BCUT2D eigenvalue weighted by molar-refractivity contribution is 6.26. The number of carbonyl (C=O) groups is 1. The molecule has 0 fully saturated rings. The number of hydrogen-bond donors (Lipinski definition) is 1. The van der Waals surface area contributed by atoms with E-state index in [0.717, 1.165) is 0 Å². The molecule has 1 heterocycles. The van der Waals surface area contributed by atoms with Gasteiger partial charge < -0.3 is 10.3 Å². The van der Waals surface area contributed by atoms with Gasteiger partial charge in [0.25, 0.3) is 11.2 Å². The third-order valence-electron chi connectivity index (χ3n) is 4.93. The molecule has 8 nitrogen and oxygen atoms in total. The minimum Gasteiger partial charge on any atom is -0.330 e. The first-order valence-corrected chi connectivity index (χ1v) is 8.62. The van der Waals surface area contributed by atoms with E-state index >= 15 is 0 Å². The van der Waals surface area contributed by atoms with Gasteiger partial charge in [-0.2, -0.15) is 5.26 Å². The molecule has 1 aromatic heterocycles. The van der Waals surface area contributed by atoms with E-state index in [1.807, 2.05) is 6.07 Å². The number of halogens is 1. The number of hydrogen-bond acceptors (Lipinski definition) is 6. The second kappa shape index (κ2) is 7.47. The quantitative estimate of drug-likeness (QED) is 0.406. The molecule has 2 aromatic carbocycles. The molecule has 29 heavy (non-hydrogen) atoms. The molecule has 146 valence electrons. The summed E-state index contributed by atoms with van der Waals surface area (Å²) in [5.41, 5.74) is 7.05. The minimum atomic E-state index is -0.577. The average Bonchev–Trinajstić information content (AvgIpc) is 2.99. The molecule has 0 radical (unpaired) electrons. The third-order valence-corrected chi connectivity index (χ3v) is 4.93. The standard InChI is InChI=1S/C20H14N4O4.ClH/c21-6-1-7-23-18-14-4-2-11(10-22)8-15(14)19(25)17(18)13-5-3-12(24(27)28)9-16(13)20(23)26;/h2-5,8-9H,1,6-7,21H2;1H. The van der Waals surface area contributed by atoms with Crippen molar-refractivity contribution in [2.75, 3.05) is 6.54 Å². The molecule has 0 aliphatic heterocycles. The van der Waals surface area contributed by atoms with Gasteiger partial charge in [-0.1, -0.05) is 6.07 Å². The number of non-ortho nitro benzene ring substituents is 1. The number of rotatable bonds is 4. The average molecular weight is 411 g/mol. The van der Waals surface area contributed by atoms with Crippen LogP contribution in [0.1, 0.15) is 27.9 Å². The Kier molecular flexibility index (Phi) is 5.20. The molecule has 0 saturated carbocycles. The Morgan fingerprint density at radius 3 is 2.52 bits per heavy atom. The number of ketones is 1. The summed E-state index contributed by atoms with van der Waals surface area (Å²) in [6, 6.07) is 10.7. The zero-order valence-corrected chi connectivity index (χ0v) is 15.9. The molecule has 0 saturated heterocycles. The summed E-state index contributed by atoms with van der Waals surface area (Å²) >= 11 is 0. The van der Waals surface area contributed by atoms with Crippen molar-refractivity contribution < 1.29 is 9.72 Å². The first kappa shape index (κ1) is 20.2. The molecule has 3 aromatic rings. The van der Waals surface area contributed by atoms with Crippen molar-refractivity contribution in [3.63, 3.8) is 0 Å². The number of nitrogens with zero attached hydrogens (tertiary/aromatic N) is 3. The summed E-state index contributed by atoms with van der Waals surface area (Å²) in [6.07, 6.45) is 0.507. The number of nitrogens with two attached hydrogens (primary N) is 1. The fourth-order valence-electron chi connectivity index (χ4n) is 3.67. The molecular formula is C20H15ClN4O4. The number of nitro groups is 1. The first-order valence-electron chi connectivity index (χ1n) is 8.62. The highest BCUT2D eigenvalue weighted by atomic mass is 35.5. The molecule has 2 N–H and O–H groups in total. The van der Waals surface area contributed by atoms with Crippen LogP contribution in [0.2, 0.25) is 0 Å². The van der Waals surface area contributed by atoms with E-state index < -0.39 is 10.5 Å². The maximum Gasteiger partial charge on any atom is 0.270 e. The van der Waals surface area contributed by atoms with Gasteiger partial charge in [-0.15, -0.1) is 12.4 Å². The molecule has 0 spiro atoms. The Morgan fingerprint density at radius 2 is 1.86 bits per heavy atom. The van der Waals surface area contributed by atoms with Crippen LogP contribution in [0, 0.1) is 21.4 Å². The van der Waals surface area contributed by atoms with Gasteiger partial charge >= 0.3 is 0 Å². The van der Waals surface area contributed by atoms with Crippen molar-refractivity contribution in [1.82, 2.24) is 4.57 Å². The second-order valence-electron chi connectivity index (χ2n) is 6.51. The van der Waals surface area contributed by atoms with Crippen molar-refractivity contribution in [2.24, 2.45) is 5.73 Å². The van der Waals surface area contributed by atoms with E-state index in [1.54, 1.807) is 12.1 Å². The molecular weight excluding hydrogens is 396 g/mol. The van der Waals surface area contributed by atoms with Crippen LogP contribution in [-0.2, 0) is 6.54 Å². The number of carbonyl (C=O) groups excluding carboxylic acids is 1. The summed E-state index contributed by atoms with van der Waals surface area (Å²) in [4.78, 5) is 36.9. The molecule has 0 bridgehead atoms. The van der Waals surface area contributed by atoms with Gasteiger partial charge in [0.05, 0.1) is 33.2 Å². The van der Waals surface area contributed by atoms with Crippen molar-refractivity contribution >= 4 is 34.7 Å². The lowest BCUT2D eigenvalue weighted by atomic mass is 10.0. The van der Waals surface area contributed by atoms with Gasteiger partial charge in [0.15, 0.2) is 5.78 Å². The summed E-state index contributed by atoms with van der Waals surface area (Å²) in [5, 5.41) is 20.8. The van der Waals surface area contributed by atoms with Crippen LogP contribution in [0.15, 0.2) is 41.2 Å². The maximum absolute atomic E-state index is 13.1. The maximum atomic E-state index is 13.1. The predicted octanol–water partition coefficient (Wildman–Crippen LogP) is 2.76. The SMILES string of the molecule is Cl.N#Cc1ccc2c(c1)C(=O)c1c-2n(CCCN)c(=O)c2cc([N+](=O)[O-])ccc12. The fourth-order valence-corrected chi connectivity index (χ4v) is 3.67. The Labute approximate surface area is 170 Å². The van der Waals surface area contributed by atoms with Gasteiger partial charge in [0, 0.05) is 35.2 Å². The van der Waals surface area contributed by atoms with Crippen LogP contribution >= 0.6 is 12.4 Å². The van der Waals surface area contributed by atoms with Gasteiger partial charge in [-0.25, -0.2) is 0 Å². The lowest BCUT2D eigenvalue weighted by Crippen LogP contribution is -2.24. The van der Waals surface area contributed by atoms with E-state index in [9.17, 15) is 19.7 Å². The van der Waals surface area contributed by atoms with Gasteiger partial charge in [-0.3, -0.25) is 19.7 Å². The number of fused-ring (bicyclic) bond motifs is 5. The lowest BCUT2D eigenvalue weighted by molar-refractivity contribution is -0.384. The summed E-state index contributed by atoms with van der Waals surface area (Å²) < 4.78 is 1.46. The number of nitriles is 1. The number of benzene rings is 2. The van der Waals surface area contributed by atoms with Crippen molar-refractivity contribution in [1.29, 1.82) is 5.26 Å². The Hall–Kier alpha value is -3.54. The predicted molar refractivity (Wildman–Crippen MR) is 109 cm³/mol. The Bertz CT molecular complexity index is 1290. The number of pyridine rings is 1. The molecule has 9 heteroatoms. The monoisotopic (exact) mass is 410 g/mol. The molecule has 1 aliphatic rings. The topological polar surface area (TPSA) is 132 Å². The highest BCUT2D eigenvalue weighted by Crippen LogP contribution is 2.40. The molecule has 0 atom stereocenters. The zero-order valence-electron chi connectivity index (χ0n) is 15.0. The number of aromatic nitrogens is 1. The zero-order chi connectivity index (χ0) is 20.0.